The zero-order chi connectivity index (χ0) is 22.3. The van der Waals surface area contributed by atoms with E-state index in [0.717, 1.165) is 11.3 Å². The van der Waals surface area contributed by atoms with E-state index in [0.29, 0.717) is 23.4 Å². The number of carbonyl (C=O) groups excluding carboxylic acids is 1. The fraction of sp³-hybridized carbons (Fsp3) is 0.364. The molecule has 0 radical (unpaired) electrons. The maximum Gasteiger partial charge on any atom is 0.414 e. The Hall–Kier alpha value is -2.61. The highest BCUT2D eigenvalue weighted by atomic mass is 32.1. The molecule has 4 nitrogen and oxygen atoms in total. The molecule has 0 saturated carbocycles. The number of ether oxygens (including phenoxy) is 2. The normalized spacial score (nSPS) is 13.8. The molecule has 0 spiro atoms. The highest BCUT2D eigenvalue weighted by Gasteiger charge is 2.42. The lowest BCUT2D eigenvalue weighted by molar-refractivity contribution is -0.139. The van der Waals surface area contributed by atoms with Crippen LogP contribution >= 0.6 is 11.3 Å². The van der Waals surface area contributed by atoms with Crippen molar-refractivity contribution in [2.24, 2.45) is 0 Å². The molecule has 1 aromatic heterocycles. The molecule has 2 rings (SSSR count). The summed E-state index contributed by atoms with van der Waals surface area (Å²) in [5.74, 6) is -1.58. The average Bonchev–Trinajstić information content (AvgIpc) is 3.20. The van der Waals surface area contributed by atoms with E-state index >= 15 is 0 Å². The van der Waals surface area contributed by atoms with E-state index < -0.39 is 29.2 Å². The Kier molecular flexibility index (Phi) is 8.23. The zero-order valence-corrected chi connectivity index (χ0v) is 18.1. The average molecular weight is 439 g/mol. The number of esters is 1. The van der Waals surface area contributed by atoms with E-state index in [1.807, 2.05) is 0 Å². The molecule has 0 saturated heterocycles. The fourth-order valence-corrected chi connectivity index (χ4v) is 3.82. The quantitative estimate of drug-likeness (QED) is 0.275. The van der Waals surface area contributed by atoms with Gasteiger partial charge >= 0.3 is 12.1 Å². The number of halogens is 3. The molecule has 2 aromatic rings. The minimum atomic E-state index is -4.73. The molecule has 1 atom stereocenters. The maximum atomic E-state index is 14.0. The summed E-state index contributed by atoms with van der Waals surface area (Å²) in [5, 5.41) is 1.93. The van der Waals surface area contributed by atoms with Gasteiger partial charge in [-0.15, -0.1) is 11.3 Å². The minimum Gasteiger partial charge on any atom is -0.496 e. The number of alkyl halides is 3. The van der Waals surface area contributed by atoms with Gasteiger partial charge in [-0.2, -0.15) is 13.2 Å². The highest BCUT2D eigenvalue weighted by Crippen LogP contribution is 2.42. The van der Waals surface area contributed by atoms with Crippen molar-refractivity contribution < 1.29 is 27.4 Å². The molecular weight excluding hydrogens is 415 g/mol. The molecule has 0 fully saturated rings. The lowest BCUT2D eigenvalue weighted by atomic mass is 9.94. The van der Waals surface area contributed by atoms with Crippen LogP contribution in [0.3, 0.4) is 0 Å². The molecule has 1 unspecified atom stereocenters. The number of benzene rings is 1. The van der Waals surface area contributed by atoms with E-state index in [4.69, 9.17) is 9.47 Å². The second-order valence-corrected chi connectivity index (χ2v) is 7.24. The van der Waals surface area contributed by atoms with Crippen LogP contribution in [0.1, 0.15) is 38.1 Å². The third kappa shape index (κ3) is 5.50. The van der Waals surface area contributed by atoms with E-state index in [1.165, 1.54) is 26.2 Å². The standard InChI is InChI=1S/C22H24F3NO3S/c1-5-7-10-16(21(27)29-6-2)19(22(23,24)25)14(3)20-26-17(13-30-20)15-11-8-9-12-18(15)28-4/h7-14H,5-6H2,1-4H3/b10-7-,19-16-. The van der Waals surface area contributed by atoms with E-state index in [-0.39, 0.29) is 11.6 Å². The number of hydrogen-bond donors (Lipinski definition) is 0. The first-order valence-corrected chi connectivity index (χ1v) is 10.4. The molecule has 30 heavy (non-hydrogen) atoms. The topological polar surface area (TPSA) is 48.4 Å². The fourth-order valence-electron chi connectivity index (χ4n) is 2.93. The van der Waals surface area contributed by atoms with Crippen LogP contribution in [0, 0.1) is 0 Å². The zero-order valence-electron chi connectivity index (χ0n) is 17.2. The third-order valence-corrected chi connectivity index (χ3v) is 5.35. The van der Waals surface area contributed by atoms with Crippen LogP contribution in [0.25, 0.3) is 11.3 Å². The summed E-state index contributed by atoms with van der Waals surface area (Å²) in [4.78, 5) is 16.7. The lowest BCUT2D eigenvalue weighted by Gasteiger charge is -2.20. The second-order valence-electron chi connectivity index (χ2n) is 6.35. The smallest absolute Gasteiger partial charge is 0.414 e. The lowest BCUT2D eigenvalue weighted by Crippen LogP contribution is -2.23. The molecule has 1 heterocycles. The first-order valence-electron chi connectivity index (χ1n) is 9.48. The Bertz CT molecular complexity index is 932. The van der Waals surface area contributed by atoms with Gasteiger partial charge in [0, 0.05) is 16.9 Å². The Labute approximate surface area is 178 Å². The molecule has 0 aliphatic rings. The number of thiazole rings is 1. The number of aromatic nitrogens is 1. The molecule has 162 valence electrons. The van der Waals surface area contributed by atoms with Crippen LogP contribution in [0.15, 0.2) is 52.9 Å². The van der Waals surface area contributed by atoms with Crippen molar-refractivity contribution in [2.75, 3.05) is 13.7 Å². The predicted molar refractivity (Wildman–Crippen MR) is 112 cm³/mol. The summed E-state index contributed by atoms with van der Waals surface area (Å²) in [7, 11) is 1.52. The monoisotopic (exact) mass is 439 g/mol. The number of methoxy groups -OCH3 is 1. The molecule has 0 N–H and O–H groups in total. The van der Waals surface area contributed by atoms with Gasteiger partial charge in [0.2, 0.25) is 0 Å². The van der Waals surface area contributed by atoms with Gasteiger partial charge in [-0.25, -0.2) is 9.78 Å². The number of allylic oxidation sites excluding steroid dienone is 2. The van der Waals surface area contributed by atoms with E-state index in [1.54, 1.807) is 43.5 Å². The molecule has 0 aliphatic carbocycles. The van der Waals surface area contributed by atoms with Gasteiger partial charge in [0.15, 0.2) is 0 Å². The van der Waals surface area contributed by atoms with Crippen LogP contribution in [-0.4, -0.2) is 30.8 Å². The molecule has 0 aliphatic heterocycles. The maximum absolute atomic E-state index is 14.0. The number of nitrogens with zero attached hydrogens (tertiary/aromatic N) is 1. The second kappa shape index (κ2) is 10.4. The number of para-hydroxylation sites is 1. The minimum absolute atomic E-state index is 0.0168. The van der Waals surface area contributed by atoms with Crippen molar-refractivity contribution in [1.29, 1.82) is 0 Å². The van der Waals surface area contributed by atoms with Crippen molar-refractivity contribution in [2.45, 2.75) is 39.3 Å². The van der Waals surface area contributed by atoms with Crippen molar-refractivity contribution in [1.82, 2.24) is 4.98 Å². The van der Waals surface area contributed by atoms with Gasteiger partial charge in [0.1, 0.15) is 10.8 Å². The highest BCUT2D eigenvalue weighted by molar-refractivity contribution is 7.10. The summed E-state index contributed by atoms with van der Waals surface area (Å²) in [5.41, 5.74) is -0.259. The van der Waals surface area contributed by atoms with Gasteiger partial charge in [-0.3, -0.25) is 0 Å². The largest absolute Gasteiger partial charge is 0.496 e. The van der Waals surface area contributed by atoms with Gasteiger partial charge in [-0.1, -0.05) is 38.1 Å². The number of hydrogen-bond acceptors (Lipinski definition) is 5. The molecule has 0 bridgehead atoms. The van der Waals surface area contributed by atoms with Crippen LogP contribution in [0.5, 0.6) is 5.75 Å². The number of carbonyl (C=O) groups is 1. The van der Waals surface area contributed by atoms with Crippen LogP contribution in [0.4, 0.5) is 13.2 Å². The van der Waals surface area contributed by atoms with Crippen molar-refractivity contribution in [3.05, 3.63) is 58.0 Å². The van der Waals surface area contributed by atoms with Gasteiger partial charge in [-0.05, 0) is 25.5 Å². The van der Waals surface area contributed by atoms with Crippen molar-refractivity contribution in [3.63, 3.8) is 0 Å². The molecule has 0 amide bonds. The summed E-state index contributed by atoms with van der Waals surface area (Å²) in [6.45, 7) is 4.70. The molecule has 8 heteroatoms. The SMILES string of the molecule is CC/C=C\C(C(=O)OCC)=C(/C(C)c1nc(-c2ccccc2OC)cs1)C(F)(F)F. The molecular formula is C22H24F3NO3S. The van der Waals surface area contributed by atoms with Crippen molar-refractivity contribution in [3.8, 4) is 17.0 Å². The number of rotatable bonds is 8. The Morgan fingerprint density at radius 3 is 2.57 bits per heavy atom. The van der Waals surface area contributed by atoms with Crippen LogP contribution in [0.2, 0.25) is 0 Å². The predicted octanol–water partition coefficient (Wildman–Crippen LogP) is 6.31. The Morgan fingerprint density at radius 1 is 1.27 bits per heavy atom. The first kappa shape index (κ1) is 23.7. The van der Waals surface area contributed by atoms with Crippen molar-refractivity contribution >= 4 is 17.3 Å². The summed E-state index contributed by atoms with van der Waals surface area (Å²) < 4.78 is 52.3. The third-order valence-electron chi connectivity index (χ3n) is 4.32. The Balaban J connectivity index is 2.57. The van der Waals surface area contributed by atoms with E-state index in [2.05, 4.69) is 4.98 Å². The van der Waals surface area contributed by atoms with Crippen LogP contribution in [-0.2, 0) is 9.53 Å². The van der Waals surface area contributed by atoms with Gasteiger partial charge in [0.25, 0.3) is 0 Å². The molecule has 1 aromatic carbocycles. The van der Waals surface area contributed by atoms with Gasteiger partial charge in [0.05, 0.1) is 30.6 Å². The summed E-state index contributed by atoms with van der Waals surface area (Å²) in [6, 6.07) is 7.15. The summed E-state index contributed by atoms with van der Waals surface area (Å²) in [6.07, 6.45) is -1.55. The Morgan fingerprint density at radius 2 is 1.97 bits per heavy atom. The van der Waals surface area contributed by atoms with Crippen LogP contribution < -0.4 is 4.74 Å². The van der Waals surface area contributed by atoms with Gasteiger partial charge < -0.3 is 9.47 Å². The van der Waals surface area contributed by atoms with E-state index in [9.17, 15) is 18.0 Å². The first-order chi connectivity index (χ1) is 14.2. The summed E-state index contributed by atoms with van der Waals surface area (Å²) >= 11 is 1.11.